The fourth-order valence-corrected chi connectivity index (χ4v) is 5.06. The number of nitriles is 1. The van der Waals surface area contributed by atoms with Crippen molar-refractivity contribution >= 4 is 23.6 Å². The number of aromatic nitrogens is 1. The number of rotatable bonds is 5. The van der Waals surface area contributed by atoms with E-state index in [1.54, 1.807) is 29.2 Å². The quantitative estimate of drug-likeness (QED) is 0.636. The van der Waals surface area contributed by atoms with Crippen molar-refractivity contribution in [3.05, 3.63) is 58.9 Å². The first-order valence-corrected chi connectivity index (χ1v) is 12.0. The summed E-state index contributed by atoms with van der Waals surface area (Å²) in [4.78, 5) is 57.0. The van der Waals surface area contributed by atoms with Gasteiger partial charge in [-0.3, -0.25) is 24.5 Å². The van der Waals surface area contributed by atoms with Crippen molar-refractivity contribution in [2.24, 2.45) is 0 Å². The highest BCUT2D eigenvalue weighted by Crippen LogP contribution is 2.30. The highest BCUT2D eigenvalue weighted by Gasteiger charge is 2.39. The molecule has 0 spiro atoms. The molecule has 1 unspecified atom stereocenters. The normalized spacial score (nSPS) is 21.6. The third kappa shape index (κ3) is 4.52. The van der Waals surface area contributed by atoms with E-state index in [2.05, 4.69) is 10.3 Å². The number of nitrogens with one attached hydrogen (secondary N) is 1. The maximum atomic E-state index is 13.1. The Kier molecular flexibility index (Phi) is 6.38. The van der Waals surface area contributed by atoms with Gasteiger partial charge in [0.25, 0.3) is 11.8 Å². The topological polar surface area (TPSA) is 133 Å². The zero-order chi connectivity index (χ0) is 25.2. The fraction of sp³-hybridized carbons (Fsp3) is 0.385. The zero-order valence-corrected chi connectivity index (χ0v) is 19.6. The number of likely N-dealkylation sites (tertiary alicyclic amines) is 1. The SMILES string of the molecule is N#Cc1cc(C(=O)N2CCCC[C@@H]2COc2ccc3c(c2)CN(C2CCC(=O)NC2=O)C3=O)ccn1. The van der Waals surface area contributed by atoms with Crippen molar-refractivity contribution in [1.29, 1.82) is 5.26 Å². The number of piperidine rings is 2. The summed E-state index contributed by atoms with van der Waals surface area (Å²) in [5.41, 5.74) is 1.91. The summed E-state index contributed by atoms with van der Waals surface area (Å²) in [6.45, 7) is 1.18. The first-order valence-electron chi connectivity index (χ1n) is 12.0. The summed E-state index contributed by atoms with van der Waals surface area (Å²) >= 11 is 0. The van der Waals surface area contributed by atoms with Crippen LogP contribution in [0.2, 0.25) is 0 Å². The lowest BCUT2D eigenvalue weighted by molar-refractivity contribution is -0.136. The lowest BCUT2D eigenvalue weighted by atomic mass is 10.0. The second kappa shape index (κ2) is 9.77. The van der Waals surface area contributed by atoms with Crippen molar-refractivity contribution in [1.82, 2.24) is 20.1 Å². The molecule has 2 atom stereocenters. The van der Waals surface area contributed by atoms with Crippen LogP contribution >= 0.6 is 0 Å². The Morgan fingerprint density at radius 3 is 2.83 bits per heavy atom. The van der Waals surface area contributed by atoms with Crippen molar-refractivity contribution in [3.63, 3.8) is 0 Å². The maximum Gasteiger partial charge on any atom is 0.255 e. The van der Waals surface area contributed by atoms with Gasteiger partial charge in [0.15, 0.2) is 0 Å². The van der Waals surface area contributed by atoms with Crippen LogP contribution in [-0.4, -0.2) is 63.6 Å². The fourth-order valence-electron chi connectivity index (χ4n) is 5.06. The molecule has 10 heteroatoms. The molecule has 0 bridgehead atoms. The first kappa shape index (κ1) is 23.5. The molecule has 36 heavy (non-hydrogen) atoms. The molecule has 1 N–H and O–H groups in total. The summed E-state index contributed by atoms with van der Waals surface area (Å²) in [5.74, 6) is -0.561. The van der Waals surface area contributed by atoms with E-state index in [-0.39, 0.29) is 42.4 Å². The summed E-state index contributed by atoms with van der Waals surface area (Å²) < 4.78 is 6.07. The molecule has 4 heterocycles. The van der Waals surface area contributed by atoms with E-state index < -0.39 is 11.9 Å². The Labute approximate surface area is 207 Å². The molecule has 1 aromatic heterocycles. The summed E-state index contributed by atoms with van der Waals surface area (Å²) in [7, 11) is 0. The van der Waals surface area contributed by atoms with E-state index in [0.717, 1.165) is 24.8 Å². The number of hydrogen-bond donors (Lipinski definition) is 1. The molecule has 184 valence electrons. The van der Waals surface area contributed by atoms with Crippen LogP contribution in [0.5, 0.6) is 5.75 Å². The summed E-state index contributed by atoms with van der Waals surface area (Å²) in [6.07, 6.45) is 4.66. The molecule has 4 amide bonds. The van der Waals surface area contributed by atoms with Crippen LogP contribution in [0.15, 0.2) is 36.5 Å². The van der Waals surface area contributed by atoms with Crippen LogP contribution in [0.1, 0.15) is 64.1 Å². The molecule has 3 aliphatic heterocycles. The summed E-state index contributed by atoms with van der Waals surface area (Å²) in [5, 5.41) is 11.4. The van der Waals surface area contributed by atoms with Gasteiger partial charge in [0.05, 0.1) is 6.04 Å². The van der Waals surface area contributed by atoms with E-state index in [1.165, 1.54) is 17.2 Å². The smallest absolute Gasteiger partial charge is 0.255 e. The van der Waals surface area contributed by atoms with Gasteiger partial charge in [-0.15, -0.1) is 0 Å². The third-order valence-corrected chi connectivity index (χ3v) is 6.95. The average Bonchev–Trinajstić information content (AvgIpc) is 3.22. The van der Waals surface area contributed by atoms with Gasteiger partial charge in [-0.05, 0) is 61.6 Å². The minimum atomic E-state index is -0.663. The number of carbonyl (C=O) groups is 4. The molecule has 1 aromatic carbocycles. The lowest BCUT2D eigenvalue weighted by Gasteiger charge is -2.35. The molecule has 3 aliphatic rings. The monoisotopic (exact) mass is 487 g/mol. The van der Waals surface area contributed by atoms with Crippen LogP contribution in [0.4, 0.5) is 0 Å². The van der Waals surface area contributed by atoms with Crippen molar-refractivity contribution in [2.75, 3.05) is 13.2 Å². The van der Waals surface area contributed by atoms with E-state index >= 15 is 0 Å². The van der Waals surface area contributed by atoms with E-state index in [4.69, 9.17) is 10.00 Å². The van der Waals surface area contributed by atoms with Gasteiger partial charge >= 0.3 is 0 Å². The van der Waals surface area contributed by atoms with E-state index in [1.807, 2.05) is 6.07 Å². The largest absolute Gasteiger partial charge is 0.491 e. The lowest BCUT2D eigenvalue weighted by Crippen LogP contribution is -2.52. The Morgan fingerprint density at radius 2 is 2.03 bits per heavy atom. The Bertz CT molecular complexity index is 1290. The second-order valence-electron chi connectivity index (χ2n) is 9.22. The predicted octanol–water partition coefficient (Wildman–Crippen LogP) is 1.79. The zero-order valence-electron chi connectivity index (χ0n) is 19.6. The summed E-state index contributed by atoms with van der Waals surface area (Å²) in [6, 6.07) is 9.51. The van der Waals surface area contributed by atoms with Gasteiger partial charge in [0.1, 0.15) is 30.2 Å². The number of hydrogen-bond acceptors (Lipinski definition) is 7. The van der Waals surface area contributed by atoms with Crippen LogP contribution in [0, 0.1) is 11.3 Å². The highest BCUT2D eigenvalue weighted by molar-refractivity contribution is 6.05. The van der Waals surface area contributed by atoms with Crippen molar-refractivity contribution in [2.45, 2.75) is 50.7 Å². The third-order valence-electron chi connectivity index (χ3n) is 6.95. The minimum Gasteiger partial charge on any atom is -0.491 e. The van der Waals surface area contributed by atoms with Crippen LogP contribution in [0.3, 0.4) is 0 Å². The molecule has 10 nitrogen and oxygen atoms in total. The Balaban J connectivity index is 1.26. The molecule has 0 aliphatic carbocycles. The molecular weight excluding hydrogens is 462 g/mol. The number of nitrogens with zero attached hydrogens (tertiary/aromatic N) is 4. The van der Waals surface area contributed by atoms with Gasteiger partial charge in [0.2, 0.25) is 11.8 Å². The van der Waals surface area contributed by atoms with Crippen LogP contribution in [-0.2, 0) is 16.1 Å². The molecular formula is C26H25N5O5. The first-order chi connectivity index (χ1) is 17.4. The molecule has 0 saturated carbocycles. The van der Waals surface area contributed by atoms with Crippen LogP contribution < -0.4 is 10.1 Å². The molecule has 0 radical (unpaired) electrons. The number of benzene rings is 1. The number of ether oxygens (including phenoxy) is 1. The number of carbonyl (C=O) groups excluding carboxylic acids is 4. The van der Waals surface area contributed by atoms with Crippen molar-refractivity contribution < 1.29 is 23.9 Å². The Morgan fingerprint density at radius 1 is 1.17 bits per heavy atom. The van der Waals surface area contributed by atoms with Gasteiger partial charge in [-0.1, -0.05) is 0 Å². The average molecular weight is 488 g/mol. The predicted molar refractivity (Wildman–Crippen MR) is 126 cm³/mol. The highest BCUT2D eigenvalue weighted by atomic mass is 16.5. The van der Waals surface area contributed by atoms with Crippen LogP contribution in [0.25, 0.3) is 0 Å². The maximum absolute atomic E-state index is 13.1. The number of fused-ring (bicyclic) bond motifs is 1. The number of imide groups is 1. The number of amides is 4. The van der Waals surface area contributed by atoms with E-state index in [0.29, 0.717) is 36.4 Å². The van der Waals surface area contributed by atoms with E-state index in [9.17, 15) is 19.2 Å². The molecule has 2 aromatic rings. The molecule has 5 rings (SSSR count). The van der Waals surface area contributed by atoms with Gasteiger partial charge < -0.3 is 14.5 Å². The van der Waals surface area contributed by atoms with Gasteiger partial charge in [-0.2, -0.15) is 5.26 Å². The standard InChI is InChI=1S/C26H25N5O5/c27-13-18-11-16(8-9-28-18)25(34)30-10-2-1-3-19(30)15-36-20-4-5-21-17(12-20)14-31(26(21)35)22-6-7-23(32)29-24(22)33/h4-5,8-9,11-12,19,22H,1-3,6-7,10,14-15H2,(H,29,32,33)/t19-,22?/m1/s1. The molecule has 2 saturated heterocycles. The number of pyridine rings is 1. The van der Waals surface area contributed by atoms with Gasteiger partial charge in [-0.25, -0.2) is 4.98 Å². The molecule has 2 fully saturated rings. The van der Waals surface area contributed by atoms with Gasteiger partial charge in [0, 0.05) is 36.8 Å². The van der Waals surface area contributed by atoms with Crippen molar-refractivity contribution in [3.8, 4) is 11.8 Å². The second-order valence-corrected chi connectivity index (χ2v) is 9.22. The Hall–Kier alpha value is -4.26. The minimum absolute atomic E-state index is 0.125.